The quantitative estimate of drug-likeness (QED) is 0.186. The maximum atomic E-state index is 2.46. The van der Waals surface area contributed by atoms with Crippen LogP contribution in [0.1, 0.15) is 11.1 Å². The summed E-state index contributed by atoms with van der Waals surface area (Å²) < 4.78 is 5.07. The number of aromatic nitrogens is 1. The molecule has 0 saturated carbocycles. The SMILES string of the molecule is Cc1ccccc1-c1cc(N(c2ccccc2)c2ccc3c(c2)sc2ccccc23)cc(-n2c3ccccc3c3ccccc32)c1C. The second-order valence-electron chi connectivity index (χ2n) is 12.3. The topological polar surface area (TPSA) is 8.17 Å². The normalized spacial score (nSPS) is 11.6. The minimum absolute atomic E-state index is 1.12. The molecule has 2 aromatic heterocycles. The Labute approximate surface area is 278 Å². The van der Waals surface area contributed by atoms with E-state index in [0.29, 0.717) is 0 Å². The van der Waals surface area contributed by atoms with Gasteiger partial charge in [-0.2, -0.15) is 0 Å². The van der Waals surface area contributed by atoms with Crippen LogP contribution in [0, 0.1) is 13.8 Å². The minimum Gasteiger partial charge on any atom is -0.310 e. The summed E-state index contributed by atoms with van der Waals surface area (Å²) in [7, 11) is 0. The smallest absolute Gasteiger partial charge is 0.0541 e. The highest BCUT2D eigenvalue weighted by Crippen LogP contribution is 2.44. The molecular weight excluding hydrogens is 589 g/mol. The highest BCUT2D eigenvalue weighted by Gasteiger charge is 2.21. The second-order valence-corrected chi connectivity index (χ2v) is 13.4. The predicted molar refractivity (Wildman–Crippen MR) is 203 cm³/mol. The predicted octanol–water partition coefficient (Wildman–Crippen LogP) is 12.9. The zero-order valence-corrected chi connectivity index (χ0v) is 27.1. The summed E-state index contributed by atoms with van der Waals surface area (Å²) in [6.45, 7) is 4.49. The van der Waals surface area contributed by atoms with Crippen LogP contribution in [0.25, 0.3) is 58.8 Å². The van der Waals surface area contributed by atoms with Crippen LogP contribution in [0.5, 0.6) is 0 Å². The van der Waals surface area contributed by atoms with Crippen molar-refractivity contribution in [1.82, 2.24) is 4.57 Å². The summed E-state index contributed by atoms with van der Waals surface area (Å²) in [6.07, 6.45) is 0. The van der Waals surface area contributed by atoms with Crippen LogP contribution in [0.2, 0.25) is 0 Å². The van der Waals surface area contributed by atoms with Gasteiger partial charge >= 0.3 is 0 Å². The standard InChI is InChI=1S/C44H32N2S/c1-29-14-6-7-17-34(29)39-26-33(27-42(30(39)2)46-40-21-11-8-18-35(40)36-19-9-12-22-41(36)46)45(31-15-4-3-5-16-31)32-24-25-38-37-20-10-13-23-43(37)47-44(38)28-32/h3-28H,1-2H3. The third kappa shape index (κ3) is 4.46. The summed E-state index contributed by atoms with van der Waals surface area (Å²) in [5.74, 6) is 0. The van der Waals surface area contributed by atoms with Gasteiger partial charge in [-0.15, -0.1) is 11.3 Å². The molecule has 0 unspecified atom stereocenters. The largest absolute Gasteiger partial charge is 0.310 e. The molecule has 0 N–H and O–H groups in total. The van der Waals surface area contributed by atoms with Crippen molar-refractivity contribution in [3.63, 3.8) is 0 Å². The molecule has 0 amide bonds. The van der Waals surface area contributed by atoms with E-state index in [1.54, 1.807) is 0 Å². The maximum Gasteiger partial charge on any atom is 0.0541 e. The molecule has 3 heteroatoms. The summed E-state index contributed by atoms with van der Waals surface area (Å²) in [5.41, 5.74) is 12.0. The van der Waals surface area contributed by atoms with E-state index < -0.39 is 0 Å². The van der Waals surface area contributed by atoms with Gasteiger partial charge in [0.25, 0.3) is 0 Å². The van der Waals surface area contributed by atoms with Gasteiger partial charge in [0, 0.05) is 48.0 Å². The molecule has 2 nitrogen and oxygen atoms in total. The van der Waals surface area contributed by atoms with Gasteiger partial charge in [0.15, 0.2) is 0 Å². The molecule has 0 radical (unpaired) electrons. The van der Waals surface area contributed by atoms with Gasteiger partial charge in [0.05, 0.1) is 16.7 Å². The van der Waals surface area contributed by atoms with Crippen LogP contribution < -0.4 is 4.90 Å². The fraction of sp³-hybridized carbons (Fsp3) is 0.0455. The van der Waals surface area contributed by atoms with E-state index in [9.17, 15) is 0 Å². The monoisotopic (exact) mass is 620 g/mol. The molecule has 0 atom stereocenters. The van der Waals surface area contributed by atoms with Crippen molar-refractivity contribution in [3.8, 4) is 16.8 Å². The fourth-order valence-electron chi connectivity index (χ4n) is 7.26. The fourth-order valence-corrected chi connectivity index (χ4v) is 8.40. The molecule has 9 rings (SSSR count). The number of rotatable bonds is 5. The van der Waals surface area contributed by atoms with Crippen LogP contribution in [0.4, 0.5) is 17.1 Å². The lowest BCUT2D eigenvalue weighted by Gasteiger charge is -2.28. The Morgan fingerprint density at radius 1 is 0.447 bits per heavy atom. The third-order valence-electron chi connectivity index (χ3n) is 9.51. The van der Waals surface area contributed by atoms with Crippen LogP contribution in [-0.4, -0.2) is 4.57 Å². The zero-order chi connectivity index (χ0) is 31.5. The second kappa shape index (κ2) is 11.0. The number of nitrogens with zero attached hydrogens (tertiary/aromatic N) is 2. The minimum atomic E-state index is 1.12. The van der Waals surface area contributed by atoms with Crippen molar-refractivity contribution in [2.75, 3.05) is 4.90 Å². The Morgan fingerprint density at radius 2 is 1.06 bits per heavy atom. The number of hydrogen-bond donors (Lipinski definition) is 0. The molecule has 224 valence electrons. The van der Waals surface area contributed by atoms with Gasteiger partial charge in [0.2, 0.25) is 0 Å². The van der Waals surface area contributed by atoms with Crippen LogP contribution >= 0.6 is 11.3 Å². The molecule has 0 spiro atoms. The van der Waals surface area contributed by atoms with E-state index in [2.05, 4.69) is 181 Å². The van der Waals surface area contributed by atoms with Crippen molar-refractivity contribution in [2.24, 2.45) is 0 Å². The van der Waals surface area contributed by atoms with Gasteiger partial charge < -0.3 is 9.47 Å². The van der Waals surface area contributed by atoms with E-state index in [0.717, 1.165) is 17.1 Å². The van der Waals surface area contributed by atoms with E-state index in [-0.39, 0.29) is 0 Å². The molecule has 2 heterocycles. The Bertz CT molecular complexity index is 2550. The maximum absolute atomic E-state index is 2.46. The Morgan fingerprint density at radius 3 is 1.81 bits per heavy atom. The van der Waals surface area contributed by atoms with Crippen LogP contribution in [0.3, 0.4) is 0 Å². The summed E-state index contributed by atoms with van der Waals surface area (Å²) in [4.78, 5) is 2.42. The van der Waals surface area contributed by atoms with Crippen LogP contribution in [0.15, 0.2) is 158 Å². The van der Waals surface area contributed by atoms with Gasteiger partial charge in [-0.05, 0) is 90.7 Å². The first-order chi connectivity index (χ1) is 23.2. The van der Waals surface area contributed by atoms with Crippen LogP contribution in [-0.2, 0) is 0 Å². The van der Waals surface area contributed by atoms with E-state index >= 15 is 0 Å². The summed E-state index contributed by atoms with van der Waals surface area (Å²) >= 11 is 1.86. The average Bonchev–Trinajstić information content (AvgIpc) is 3.65. The molecule has 0 aliphatic carbocycles. The number of benzene rings is 7. The molecule has 0 saturated heterocycles. The van der Waals surface area contributed by atoms with E-state index in [4.69, 9.17) is 0 Å². The van der Waals surface area contributed by atoms with Gasteiger partial charge in [0.1, 0.15) is 0 Å². The highest BCUT2D eigenvalue weighted by atomic mass is 32.1. The lowest BCUT2D eigenvalue weighted by Crippen LogP contribution is -2.11. The third-order valence-corrected chi connectivity index (χ3v) is 10.6. The van der Waals surface area contributed by atoms with Crippen molar-refractivity contribution in [1.29, 1.82) is 0 Å². The first-order valence-corrected chi connectivity index (χ1v) is 16.9. The van der Waals surface area contributed by atoms with Gasteiger partial charge in [-0.3, -0.25) is 0 Å². The number of thiophene rings is 1. The van der Waals surface area contributed by atoms with E-state index in [1.807, 2.05) is 11.3 Å². The van der Waals surface area contributed by atoms with Gasteiger partial charge in [-0.1, -0.05) is 103 Å². The molecule has 0 aliphatic heterocycles. The summed E-state index contributed by atoms with van der Waals surface area (Å²) in [6, 6.07) is 57.5. The number of hydrogen-bond acceptors (Lipinski definition) is 2. The lowest BCUT2D eigenvalue weighted by atomic mass is 9.94. The van der Waals surface area contributed by atoms with E-state index in [1.165, 1.54) is 69.9 Å². The van der Waals surface area contributed by atoms with Crippen molar-refractivity contribution < 1.29 is 0 Å². The van der Waals surface area contributed by atoms with Crippen molar-refractivity contribution >= 4 is 70.4 Å². The zero-order valence-electron chi connectivity index (χ0n) is 26.3. The summed E-state index contributed by atoms with van der Waals surface area (Å²) in [5, 5.41) is 5.15. The highest BCUT2D eigenvalue weighted by molar-refractivity contribution is 7.25. The number of aryl methyl sites for hydroxylation is 1. The average molecular weight is 621 g/mol. The Balaban J connectivity index is 1.37. The Hall–Kier alpha value is -5.64. The Kier molecular flexibility index (Phi) is 6.48. The van der Waals surface area contributed by atoms with Gasteiger partial charge in [-0.25, -0.2) is 0 Å². The molecule has 7 aromatic carbocycles. The lowest BCUT2D eigenvalue weighted by molar-refractivity contribution is 1.14. The molecule has 0 fully saturated rings. The molecule has 0 bridgehead atoms. The number of anilines is 3. The molecule has 0 aliphatic rings. The first-order valence-electron chi connectivity index (χ1n) is 16.1. The molecule has 9 aromatic rings. The molecule has 47 heavy (non-hydrogen) atoms. The van der Waals surface area contributed by atoms with Crippen molar-refractivity contribution in [3.05, 3.63) is 169 Å². The number of fused-ring (bicyclic) bond motifs is 6. The molecular formula is C44H32N2S. The number of para-hydroxylation sites is 3. The first kappa shape index (κ1) is 27.7. The van der Waals surface area contributed by atoms with Crippen molar-refractivity contribution in [2.45, 2.75) is 13.8 Å².